The van der Waals surface area contributed by atoms with E-state index in [0.717, 1.165) is 17.0 Å². The molecule has 2 aromatic heterocycles. The summed E-state index contributed by atoms with van der Waals surface area (Å²) < 4.78 is 18.4. The monoisotopic (exact) mass is 382 g/mol. The number of pyridine rings is 1. The number of fused-ring (bicyclic) bond motifs is 1. The molecule has 0 unspecified atom stereocenters. The molecule has 0 aliphatic heterocycles. The maximum atomic E-state index is 13.3. The Bertz CT molecular complexity index is 1150. The number of halogens is 1. The van der Waals surface area contributed by atoms with Crippen molar-refractivity contribution in [3.63, 3.8) is 0 Å². The van der Waals surface area contributed by atoms with Crippen LogP contribution in [0.3, 0.4) is 0 Å². The molecule has 0 bridgehead atoms. The summed E-state index contributed by atoms with van der Waals surface area (Å²) in [5, 5.41) is 8.01. The van der Waals surface area contributed by atoms with Crippen LogP contribution in [-0.4, -0.2) is 27.3 Å². The summed E-state index contributed by atoms with van der Waals surface area (Å²) in [6.45, 7) is 0. The largest absolute Gasteiger partial charge is 0.497 e. The number of aromatic nitrogens is 4. The minimum absolute atomic E-state index is 0.215. The van der Waals surface area contributed by atoms with Crippen molar-refractivity contribution in [1.29, 1.82) is 0 Å². The molecule has 136 valence electrons. The van der Waals surface area contributed by atoms with E-state index in [1.807, 2.05) is 24.3 Å². The number of benzene rings is 2. The van der Waals surface area contributed by atoms with Gasteiger partial charge >= 0.3 is 0 Å². The molecule has 0 aliphatic carbocycles. The standard InChI is InChI=1S/C19H15FN4O2S/c1-26-14-5-2-11(3-6-14)18-22-19(24-23-18)27-10-13-9-17(25)15-8-12(20)4-7-16(15)21-13/h2-9H,10H2,1H3,(H,21,25)(H,22,23,24). The molecular weight excluding hydrogens is 367 g/mol. The van der Waals surface area contributed by atoms with Crippen LogP contribution in [0.25, 0.3) is 22.3 Å². The average Bonchev–Trinajstić information content (AvgIpc) is 3.16. The average molecular weight is 382 g/mol. The zero-order valence-electron chi connectivity index (χ0n) is 14.3. The Morgan fingerprint density at radius 1 is 1.15 bits per heavy atom. The number of methoxy groups -OCH3 is 1. The van der Waals surface area contributed by atoms with Gasteiger partial charge in [-0.2, -0.15) is 0 Å². The summed E-state index contributed by atoms with van der Waals surface area (Å²) in [4.78, 5) is 19.8. The summed E-state index contributed by atoms with van der Waals surface area (Å²) in [7, 11) is 1.62. The number of hydrogen-bond donors (Lipinski definition) is 2. The minimum Gasteiger partial charge on any atom is -0.497 e. The summed E-state index contributed by atoms with van der Waals surface area (Å²) >= 11 is 1.39. The number of nitrogens with one attached hydrogen (secondary N) is 2. The molecule has 27 heavy (non-hydrogen) atoms. The van der Waals surface area contributed by atoms with Crippen LogP contribution in [0.15, 0.2) is 58.5 Å². The third-order valence-electron chi connectivity index (χ3n) is 4.03. The van der Waals surface area contributed by atoms with Crippen LogP contribution in [0.1, 0.15) is 5.69 Å². The minimum atomic E-state index is -0.429. The van der Waals surface area contributed by atoms with Crippen molar-refractivity contribution < 1.29 is 9.13 Å². The Labute approximate surface area is 157 Å². The van der Waals surface area contributed by atoms with Crippen molar-refractivity contribution in [2.24, 2.45) is 0 Å². The van der Waals surface area contributed by atoms with Gasteiger partial charge in [-0.3, -0.25) is 9.89 Å². The number of ether oxygens (including phenoxy) is 1. The van der Waals surface area contributed by atoms with Crippen LogP contribution in [-0.2, 0) is 5.75 Å². The molecular formula is C19H15FN4O2S. The molecule has 2 N–H and O–H groups in total. The fraction of sp³-hybridized carbons (Fsp3) is 0.105. The lowest BCUT2D eigenvalue weighted by atomic mass is 10.2. The van der Waals surface area contributed by atoms with Crippen molar-refractivity contribution in [2.45, 2.75) is 10.9 Å². The van der Waals surface area contributed by atoms with Gasteiger partial charge in [-0.25, -0.2) is 9.37 Å². The first-order valence-corrected chi connectivity index (χ1v) is 9.12. The van der Waals surface area contributed by atoms with Gasteiger partial charge in [-0.05, 0) is 42.5 Å². The zero-order chi connectivity index (χ0) is 18.8. The Balaban J connectivity index is 1.50. The van der Waals surface area contributed by atoms with E-state index in [2.05, 4.69) is 20.2 Å². The fourth-order valence-electron chi connectivity index (χ4n) is 2.68. The Kier molecular flexibility index (Phi) is 4.64. The highest BCUT2D eigenvalue weighted by atomic mass is 32.2. The third-order valence-corrected chi connectivity index (χ3v) is 4.93. The summed E-state index contributed by atoms with van der Waals surface area (Å²) in [5.41, 5.74) is 2.01. The van der Waals surface area contributed by atoms with Crippen molar-refractivity contribution in [3.8, 4) is 17.1 Å². The van der Waals surface area contributed by atoms with Gasteiger partial charge in [-0.15, -0.1) is 5.10 Å². The van der Waals surface area contributed by atoms with Crippen molar-refractivity contribution in [1.82, 2.24) is 20.2 Å². The molecule has 4 aromatic rings. The van der Waals surface area contributed by atoms with Crippen molar-refractivity contribution in [3.05, 3.63) is 70.3 Å². The van der Waals surface area contributed by atoms with Gasteiger partial charge in [-0.1, -0.05) is 11.8 Å². The molecule has 0 amide bonds. The predicted octanol–water partition coefficient (Wildman–Crippen LogP) is 3.75. The van der Waals surface area contributed by atoms with E-state index in [-0.39, 0.29) is 5.43 Å². The normalized spacial score (nSPS) is 11.0. The quantitative estimate of drug-likeness (QED) is 0.514. The molecule has 0 aliphatic rings. The molecule has 0 fully saturated rings. The molecule has 6 nitrogen and oxygen atoms in total. The number of H-pyrrole nitrogens is 2. The highest BCUT2D eigenvalue weighted by Gasteiger charge is 2.09. The molecule has 8 heteroatoms. The van der Waals surface area contributed by atoms with E-state index in [9.17, 15) is 9.18 Å². The Hall–Kier alpha value is -3.13. The second-order valence-electron chi connectivity index (χ2n) is 5.83. The summed E-state index contributed by atoms with van der Waals surface area (Å²) in [6.07, 6.45) is 0. The molecule has 0 saturated heterocycles. The molecule has 0 spiro atoms. The van der Waals surface area contributed by atoms with Gasteiger partial charge in [0.2, 0.25) is 5.16 Å². The maximum Gasteiger partial charge on any atom is 0.209 e. The van der Waals surface area contributed by atoms with Crippen LogP contribution >= 0.6 is 11.8 Å². The molecule has 2 heterocycles. The first kappa shape index (κ1) is 17.3. The summed E-state index contributed by atoms with van der Waals surface area (Å²) in [5.74, 6) is 1.49. The molecule has 2 aromatic carbocycles. The van der Waals surface area contributed by atoms with Crippen molar-refractivity contribution >= 4 is 22.7 Å². The maximum absolute atomic E-state index is 13.3. The van der Waals surface area contributed by atoms with E-state index in [1.54, 1.807) is 13.2 Å². The van der Waals surface area contributed by atoms with Crippen LogP contribution in [0.4, 0.5) is 4.39 Å². The first-order chi connectivity index (χ1) is 13.1. The SMILES string of the molecule is COc1ccc(-c2nc(SCc3cc(=O)c4cc(F)ccc4[nH]3)n[nH]2)cc1. The van der Waals surface area contributed by atoms with Gasteiger partial charge in [0.15, 0.2) is 11.3 Å². The van der Waals surface area contributed by atoms with Crippen LogP contribution in [0.5, 0.6) is 5.75 Å². The Morgan fingerprint density at radius 2 is 1.96 bits per heavy atom. The van der Waals surface area contributed by atoms with E-state index in [1.165, 1.54) is 30.0 Å². The Morgan fingerprint density at radius 3 is 2.74 bits per heavy atom. The van der Waals surface area contributed by atoms with Gasteiger partial charge in [0, 0.05) is 34.0 Å². The zero-order valence-corrected chi connectivity index (χ0v) is 15.1. The van der Waals surface area contributed by atoms with E-state index < -0.39 is 5.82 Å². The number of rotatable bonds is 5. The number of thioether (sulfide) groups is 1. The lowest BCUT2D eigenvalue weighted by Gasteiger charge is -2.03. The second kappa shape index (κ2) is 7.24. The van der Waals surface area contributed by atoms with Gasteiger partial charge in [0.05, 0.1) is 7.11 Å². The van der Waals surface area contributed by atoms with E-state index >= 15 is 0 Å². The molecule has 0 radical (unpaired) electrons. The predicted molar refractivity (Wildman–Crippen MR) is 102 cm³/mol. The molecule has 0 saturated carbocycles. The fourth-order valence-corrected chi connectivity index (χ4v) is 3.39. The topological polar surface area (TPSA) is 83.7 Å². The van der Waals surface area contributed by atoms with E-state index in [4.69, 9.17) is 4.74 Å². The van der Waals surface area contributed by atoms with Gasteiger partial charge in [0.1, 0.15) is 11.6 Å². The van der Waals surface area contributed by atoms with Gasteiger partial charge in [0.25, 0.3) is 0 Å². The molecule has 0 atom stereocenters. The van der Waals surface area contributed by atoms with E-state index in [0.29, 0.717) is 27.6 Å². The van der Waals surface area contributed by atoms with Crippen LogP contribution < -0.4 is 10.2 Å². The lowest BCUT2D eigenvalue weighted by Crippen LogP contribution is -2.04. The number of hydrogen-bond acceptors (Lipinski definition) is 5. The van der Waals surface area contributed by atoms with Crippen LogP contribution in [0.2, 0.25) is 0 Å². The smallest absolute Gasteiger partial charge is 0.209 e. The van der Waals surface area contributed by atoms with Gasteiger partial charge < -0.3 is 9.72 Å². The highest BCUT2D eigenvalue weighted by Crippen LogP contribution is 2.23. The van der Waals surface area contributed by atoms with Crippen molar-refractivity contribution in [2.75, 3.05) is 7.11 Å². The second-order valence-corrected chi connectivity index (χ2v) is 6.77. The number of aromatic amines is 2. The lowest BCUT2D eigenvalue weighted by molar-refractivity contribution is 0.415. The number of nitrogens with zero attached hydrogens (tertiary/aromatic N) is 2. The van der Waals surface area contributed by atoms with Crippen LogP contribution in [0, 0.1) is 5.82 Å². The highest BCUT2D eigenvalue weighted by molar-refractivity contribution is 7.98. The summed E-state index contributed by atoms with van der Waals surface area (Å²) in [6, 6.07) is 13.1. The first-order valence-electron chi connectivity index (χ1n) is 8.13. The molecule has 4 rings (SSSR count). The third kappa shape index (κ3) is 3.70.